The zero-order chi connectivity index (χ0) is 17.1. The van der Waals surface area contributed by atoms with E-state index in [0.29, 0.717) is 18.2 Å². The van der Waals surface area contributed by atoms with E-state index in [1.807, 2.05) is 36.1 Å². The van der Waals surface area contributed by atoms with E-state index in [9.17, 15) is 4.79 Å². The van der Waals surface area contributed by atoms with Crippen LogP contribution >= 0.6 is 23.2 Å². The van der Waals surface area contributed by atoms with Gasteiger partial charge in [0.25, 0.3) is 5.91 Å². The van der Waals surface area contributed by atoms with Gasteiger partial charge in [-0.15, -0.1) is 0 Å². The number of rotatable bonds is 4. The highest BCUT2D eigenvalue weighted by atomic mass is 35.5. The Bertz CT molecular complexity index is 734. The Hall–Kier alpha value is -1.78. The van der Waals surface area contributed by atoms with Gasteiger partial charge in [0, 0.05) is 6.54 Å². The van der Waals surface area contributed by atoms with Crippen molar-refractivity contribution < 1.29 is 9.53 Å². The molecule has 0 bridgehead atoms. The van der Waals surface area contributed by atoms with Crippen LogP contribution in [0.5, 0.6) is 5.75 Å². The van der Waals surface area contributed by atoms with Crippen molar-refractivity contribution in [3.05, 3.63) is 57.8 Å². The van der Waals surface area contributed by atoms with Crippen molar-refractivity contribution in [3.8, 4) is 5.75 Å². The van der Waals surface area contributed by atoms with Gasteiger partial charge in [-0.25, -0.2) is 4.98 Å². The van der Waals surface area contributed by atoms with Crippen LogP contribution in [0.2, 0.25) is 10.2 Å². The summed E-state index contributed by atoms with van der Waals surface area (Å²) in [5.41, 5.74) is 1.30. The highest BCUT2D eigenvalue weighted by Crippen LogP contribution is 2.34. The molecule has 1 aliphatic rings. The minimum atomic E-state index is -0.182. The Labute approximate surface area is 151 Å². The summed E-state index contributed by atoms with van der Waals surface area (Å²) in [6.45, 7) is 3.26. The van der Waals surface area contributed by atoms with Crippen molar-refractivity contribution in [3.63, 3.8) is 0 Å². The van der Waals surface area contributed by atoms with E-state index in [-0.39, 0.29) is 22.8 Å². The Morgan fingerprint density at radius 1 is 1.25 bits per heavy atom. The fourth-order valence-electron chi connectivity index (χ4n) is 3.01. The van der Waals surface area contributed by atoms with Crippen LogP contribution in [-0.2, 0) is 0 Å². The summed E-state index contributed by atoms with van der Waals surface area (Å²) in [6.07, 6.45) is 1.86. The van der Waals surface area contributed by atoms with Crippen molar-refractivity contribution in [1.29, 1.82) is 0 Å². The zero-order valence-corrected chi connectivity index (χ0v) is 14.8. The van der Waals surface area contributed by atoms with Gasteiger partial charge in [-0.05, 0) is 49.6 Å². The Morgan fingerprint density at radius 2 is 2.00 bits per heavy atom. The molecule has 0 saturated carbocycles. The quantitative estimate of drug-likeness (QED) is 0.734. The number of carbonyl (C=O) groups is 1. The van der Waals surface area contributed by atoms with Crippen LogP contribution in [-0.4, -0.2) is 28.9 Å². The van der Waals surface area contributed by atoms with Gasteiger partial charge in [-0.3, -0.25) is 4.79 Å². The van der Waals surface area contributed by atoms with Crippen molar-refractivity contribution in [2.75, 3.05) is 13.2 Å². The largest absolute Gasteiger partial charge is 0.494 e. The van der Waals surface area contributed by atoms with Crippen LogP contribution < -0.4 is 4.74 Å². The fourth-order valence-corrected chi connectivity index (χ4v) is 3.35. The first kappa shape index (κ1) is 17.1. The van der Waals surface area contributed by atoms with E-state index in [1.165, 1.54) is 0 Å². The molecular weight excluding hydrogens is 347 g/mol. The van der Waals surface area contributed by atoms with E-state index in [1.54, 1.807) is 12.1 Å². The summed E-state index contributed by atoms with van der Waals surface area (Å²) in [6, 6.07) is 11.1. The summed E-state index contributed by atoms with van der Waals surface area (Å²) in [7, 11) is 0. The first-order valence-electron chi connectivity index (χ1n) is 7.96. The molecule has 2 aromatic rings. The summed E-state index contributed by atoms with van der Waals surface area (Å²) in [4.78, 5) is 18.8. The second-order valence-electron chi connectivity index (χ2n) is 5.62. The van der Waals surface area contributed by atoms with Crippen LogP contribution in [0.3, 0.4) is 0 Å². The number of hydrogen-bond donors (Lipinski definition) is 0. The number of benzene rings is 1. The molecule has 0 aliphatic carbocycles. The topological polar surface area (TPSA) is 42.4 Å². The number of nitrogens with zero attached hydrogens (tertiary/aromatic N) is 2. The predicted molar refractivity (Wildman–Crippen MR) is 94.9 cm³/mol. The molecule has 0 spiro atoms. The molecule has 6 heteroatoms. The molecule has 1 fully saturated rings. The lowest BCUT2D eigenvalue weighted by Crippen LogP contribution is -2.31. The van der Waals surface area contributed by atoms with Gasteiger partial charge in [-0.1, -0.05) is 35.3 Å². The second kappa shape index (κ2) is 7.41. The van der Waals surface area contributed by atoms with Crippen molar-refractivity contribution >= 4 is 29.1 Å². The molecule has 4 nitrogen and oxygen atoms in total. The van der Waals surface area contributed by atoms with E-state index in [4.69, 9.17) is 27.9 Å². The summed E-state index contributed by atoms with van der Waals surface area (Å²) < 4.78 is 5.47. The normalized spacial score (nSPS) is 17.1. The number of carbonyl (C=O) groups excluding carboxylic acids is 1. The smallest absolute Gasteiger partial charge is 0.274 e. The molecule has 1 amide bonds. The molecular formula is C18H18Cl2N2O2. The van der Waals surface area contributed by atoms with Gasteiger partial charge in [0.15, 0.2) is 0 Å². The molecule has 126 valence electrons. The molecule has 1 saturated heterocycles. The lowest BCUT2D eigenvalue weighted by atomic mass is 10.0. The molecule has 2 heterocycles. The third kappa shape index (κ3) is 3.50. The maximum Gasteiger partial charge on any atom is 0.274 e. The van der Waals surface area contributed by atoms with E-state index >= 15 is 0 Å². The summed E-state index contributed by atoms with van der Waals surface area (Å²) >= 11 is 12.0. The van der Waals surface area contributed by atoms with E-state index in [0.717, 1.165) is 24.2 Å². The fraction of sp³-hybridized carbons (Fsp3) is 0.333. The first-order chi connectivity index (χ1) is 11.6. The Morgan fingerprint density at radius 3 is 2.71 bits per heavy atom. The molecule has 1 aromatic carbocycles. The van der Waals surface area contributed by atoms with Crippen LogP contribution in [0.4, 0.5) is 0 Å². The number of ether oxygens (including phenoxy) is 1. The minimum Gasteiger partial charge on any atom is -0.494 e. The monoisotopic (exact) mass is 364 g/mol. The van der Waals surface area contributed by atoms with Gasteiger partial charge >= 0.3 is 0 Å². The third-order valence-corrected chi connectivity index (χ3v) is 4.62. The van der Waals surface area contributed by atoms with Crippen LogP contribution in [0, 0.1) is 0 Å². The van der Waals surface area contributed by atoms with Gasteiger partial charge in [0.05, 0.1) is 17.7 Å². The van der Waals surface area contributed by atoms with Crippen LogP contribution in [0.25, 0.3) is 0 Å². The molecule has 0 unspecified atom stereocenters. The number of amides is 1. The zero-order valence-electron chi connectivity index (χ0n) is 13.3. The van der Waals surface area contributed by atoms with Crippen molar-refractivity contribution in [1.82, 2.24) is 9.88 Å². The molecule has 1 aliphatic heterocycles. The maximum absolute atomic E-state index is 12.9. The molecule has 3 rings (SSSR count). The van der Waals surface area contributed by atoms with Gasteiger partial charge in [-0.2, -0.15) is 0 Å². The summed E-state index contributed by atoms with van der Waals surface area (Å²) in [5.74, 6) is 0.649. The third-order valence-electron chi connectivity index (χ3n) is 4.10. The minimum absolute atomic E-state index is 0.0185. The number of hydrogen-bond acceptors (Lipinski definition) is 3. The Kier molecular flexibility index (Phi) is 5.27. The SMILES string of the molecule is CCOc1ccc([C@H]2CCCN2C(=O)c2nc(Cl)ccc2Cl)cc1. The molecule has 1 aromatic heterocycles. The van der Waals surface area contributed by atoms with Crippen molar-refractivity contribution in [2.45, 2.75) is 25.8 Å². The lowest BCUT2D eigenvalue weighted by molar-refractivity contribution is 0.0730. The Balaban J connectivity index is 1.84. The van der Waals surface area contributed by atoms with Gasteiger partial charge < -0.3 is 9.64 Å². The van der Waals surface area contributed by atoms with Crippen LogP contribution in [0.1, 0.15) is 41.9 Å². The molecule has 24 heavy (non-hydrogen) atoms. The first-order valence-corrected chi connectivity index (χ1v) is 8.71. The van der Waals surface area contributed by atoms with Gasteiger partial charge in [0.2, 0.25) is 0 Å². The lowest BCUT2D eigenvalue weighted by Gasteiger charge is -2.25. The highest BCUT2D eigenvalue weighted by molar-refractivity contribution is 6.34. The van der Waals surface area contributed by atoms with Crippen molar-refractivity contribution in [2.24, 2.45) is 0 Å². The number of aromatic nitrogens is 1. The van der Waals surface area contributed by atoms with Gasteiger partial charge in [0.1, 0.15) is 16.6 Å². The standard InChI is InChI=1S/C18H18Cl2N2O2/c1-2-24-13-7-5-12(6-8-13)15-4-3-11-22(15)18(23)17-14(19)9-10-16(20)21-17/h5-10,15H,2-4,11H2,1H3/t15-/m1/s1. The van der Waals surface area contributed by atoms with E-state index in [2.05, 4.69) is 4.98 Å². The predicted octanol–water partition coefficient (Wildman–Crippen LogP) is 4.76. The van der Waals surface area contributed by atoms with Crippen LogP contribution in [0.15, 0.2) is 36.4 Å². The average molecular weight is 365 g/mol. The number of halogens is 2. The summed E-state index contributed by atoms with van der Waals surface area (Å²) in [5, 5.41) is 0.585. The number of likely N-dealkylation sites (tertiary alicyclic amines) is 1. The maximum atomic E-state index is 12.9. The second-order valence-corrected chi connectivity index (χ2v) is 6.42. The average Bonchev–Trinajstić information content (AvgIpc) is 3.07. The number of pyridine rings is 1. The van der Waals surface area contributed by atoms with E-state index < -0.39 is 0 Å². The molecule has 1 atom stereocenters. The molecule has 0 radical (unpaired) electrons. The molecule has 0 N–H and O–H groups in total. The highest BCUT2D eigenvalue weighted by Gasteiger charge is 2.32.